The van der Waals surface area contributed by atoms with Gasteiger partial charge in [0.2, 0.25) is 0 Å². The van der Waals surface area contributed by atoms with Crippen LogP contribution in [0.3, 0.4) is 0 Å². The van der Waals surface area contributed by atoms with E-state index in [4.69, 9.17) is 9.47 Å². The minimum absolute atomic E-state index is 0.0240. The van der Waals surface area contributed by atoms with Crippen molar-refractivity contribution in [1.29, 1.82) is 0 Å². The first-order valence-electron chi connectivity index (χ1n) is 7.71. The van der Waals surface area contributed by atoms with Crippen LogP contribution in [0.25, 0.3) is 0 Å². The van der Waals surface area contributed by atoms with Crippen LogP contribution >= 0.6 is 0 Å². The molecule has 0 radical (unpaired) electrons. The second-order valence-electron chi connectivity index (χ2n) is 5.52. The summed E-state index contributed by atoms with van der Waals surface area (Å²) in [6.07, 6.45) is 4.71. The van der Waals surface area contributed by atoms with Gasteiger partial charge < -0.3 is 9.47 Å². The first-order valence-corrected chi connectivity index (χ1v) is 7.71. The Morgan fingerprint density at radius 2 is 1.95 bits per heavy atom. The summed E-state index contributed by atoms with van der Waals surface area (Å²) < 4.78 is 10.3. The quantitative estimate of drug-likeness (QED) is 0.426. The van der Waals surface area contributed by atoms with Crippen LogP contribution < -0.4 is 0 Å². The average Bonchev–Trinajstić information content (AvgIpc) is 3.10. The third kappa shape index (κ3) is 2.15. The average molecular weight is 280 g/mol. The predicted molar refractivity (Wildman–Crippen MR) is 75.0 cm³/mol. The smallest absolute Gasteiger partial charge is 0.328 e. The maximum Gasteiger partial charge on any atom is 0.328 e. The van der Waals surface area contributed by atoms with E-state index in [1.807, 2.05) is 0 Å². The molecule has 1 heterocycles. The van der Waals surface area contributed by atoms with E-state index in [-0.39, 0.29) is 5.92 Å². The lowest BCUT2D eigenvalue weighted by Gasteiger charge is -2.18. The third-order valence-corrected chi connectivity index (χ3v) is 4.26. The highest BCUT2D eigenvalue weighted by Gasteiger charge is 2.74. The van der Waals surface area contributed by atoms with Crippen molar-refractivity contribution in [2.45, 2.75) is 52.9 Å². The molecule has 2 fully saturated rings. The second kappa shape index (κ2) is 5.98. The van der Waals surface area contributed by atoms with Gasteiger partial charge >= 0.3 is 11.9 Å². The van der Waals surface area contributed by atoms with E-state index >= 15 is 0 Å². The molecule has 0 amide bonds. The van der Waals surface area contributed by atoms with Crippen molar-refractivity contribution in [3.8, 4) is 0 Å². The lowest BCUT2D eigenvalue weighted by atomic mass is 9.97. The zero-order valence-electron chi connectivity index (χ0n) is 12.7. The standard InChI is InChI=1S/C16H24O4/c1-4-7-11(8-5-2)13-12-9-10-20-15(18)16(12,13)14(17)19-6-3/h12H,4-10H2,1-3H3/t12-,16-/m0/s1. The summed E-state index contributed by atoms with van der Waals surface area (Å²) in [6, 6.07) is 0. The molecule has 1 saturated carbocycles. The molecule has 112 valence electrons. The second-order valence-corrected chi connectivity index (χ2v) is 5.52. The Balaban J connectivity index is 2.40. The number of hydrogen-bond donors (Lipinski definition) is 0. The normalized spacial score (nSPS) is 27.6. The summed E-state index contributed by atoms with van der Waals surface area (Å²) >= 11 is 0. The van der Waals surface area contributed by atoms with Crippen LogP contribution in [-0.2, 0) is 19.1 Å². The summed E-state index contributed by atoms with van der Waals surface area (Å²) in [4.78, 5) is 24.6. The summed E-state index contributed by atoms with van der Waals surface area (Å²) in [5.41, 5.74) is 1.20. The van der Waals surface area contributed by atoms with Crippen LogP contribution in [-0.4, -0.2) is 25.2 Å². The number of esters is 2. The fourth-order valence-electron chi connectivity index (χ4n) is 3.49. The van der Waals surface area contributed by atoms with Gasteiger partial charge in [-0.05, 0) is 31.8 Å². The Labute approximate surface area is 120 Å². The Morgan fingerprint density at radius 1 is 1.30 bits per heavy atom. The largest absolute Gasteiger partial charge is 0.465 e. The van der Waals surface area contributed by atoms with Crippen LogP contribution in [0.15, 0.2) is 11.1 Å². The van der Waals surface area contributed by atoms with E-state index in [9.17, 15) is 9.59 Å². The van der Waals surface area contributed by atoms with Crippen LogP contribution in [0, 0.1) is 11.3 Å². The maximum absolute atomic E-state index is 12.3. The van der Waals surface area contributed by atoms with Crippen molar-refractivity contribution >= 4 is 11.9 Å². The lowest BCUT2D eigenvalue weighted by Crippen LogP contribution is -2.35. The van der Waals surface area contributed by atoms with Crippen molar-refractivity contribution in [2.75, 3.05) is 13.2 Å². The Hall–Kier alpha value is -1.32. The van der Waals surface area contributed by atoms with Crippen LogP contribution in [0.5, 0.6) is 0 Å². The minimum atomic E-state index is -1.09. The fraction of sp³-hybridized carbons (Fsp3) is 0.750. The number of cyclic esters (lactones) is 1. The highest BCUT2D eigenvalue weighted by atomic mass is 16.6. The van der Waals surface area contributed by atoms with Gasteiger partial charge in [-0.2, -0.15) is 0 Å². The number of rotatable bonds is 6. The summed E-state index contributed by atoms with van der Waals surface area (Å²) in [5, 5.41) is 0. The summed E-state index contributed by atoms with van der Waals surface area (Å²) in [7, 11) is 0. The van der Waals surface area contributed by atoms with Gasteiger partial charge in [0, 0.05) is 5.92 Å². The molecule has 1 aliphatic carbocycles. The van der Waals surface area contributed by atoms with Gasteiger partial charge in [0.1, 0.15) is 0 Å². The van der Waals surface area contributed by atoms with Gasteiger partial charge in [-0.1, -0.05) is 32.3 Å². The molecule has 0 aromatic rings. The number of carbonyl (C=O) groups is 2. The number of allylic oxidation sites excluding steroid dienone is 1. The Bertz CT molecular complexity index is 430. The van der Waals surface area contributed by atoms with Gasteiger partial charge in [-0.15, -0.1) is 0 Å². The van der Waals surface area contributed by atoms with E-state index in [1.54, 1.807) is 6.92 Å². The molecule has 0 aromatic heterocycles. The number of fused-ring (bicyclic) bond motifs is 1. The molecule has 0 spiro atoms. The van der Waals surface area contributed by atoms with Crippen LogP contribution in [0.4, 0.5) is 0 Å². The van der Waals surface area contributed by atoms with E-state index in [2.05, 4.69) is 13.8 Å². The van der Waals surface area contributed by atoms with E-state index in [0.717, 1.165) is 37.7 Å². The molecule has 4 nitrogen and oxygen atoms in total. The van der Waals surface area contributed by atoms with E-state index in [0.29, 0.717) is 13.2 Å². The highest BCUT2D eigenvalue weighted by molar-refractivity contribution is 6.10. The van der Waals surface area contributed by atoms with Crippen molar-refractivity contribution in [3.05, 3.63) is 11.1 Å². The molecule has 1 aliphatic heterocycles. The molecule has 0 aromatic carbocycles. The molecule has 2 atom stereocenters. The van der Waals surface area contributed by atoms with Gasteiger partial charge in [-0.3, -0.25) is 9.59 Å². The zero-order valence-corrected chi connectivity index (χ0v) is 12.7. The molecule has 2 rings (SSSR count). The number of carbonyl (C=O) groups excluding carboxylic acids is 2. The third-order valence-electron chi connectivity index (χ3n) is 4.26. The lowest BCUT2D eigenvalue weighted by molar-refractivity contribution is -0.167. The van der Waals surface area contributed by atoms with Gasteiger partial charge in [0.05, 0.1) is 13.2 Å². The van der Waals surface area contributed by atoms with E-state index < -0.39 is 17.4 Å². The first-order chi connectivity index (χ1) is 9.64. The van der Waals surface area contributed by atoms with Gasteiger partial charge in [-0.25, -0.2) is 0 Å². The van der Waals surface area contributed by atoms with Gasteiger partial charge in [0.15, 0.2) is 5.41 Å². The molecule has 1 saturated heterocycles. The number of hydrogen-bond acceptors (Lipinski definition) is 4. The maximum atomic E-state index is 12.3. The fourth-order valence-corrected chi connectivity index (χ4v) is 3.49. The predicted octanol–water partition coefficient (Wildman–Crippen LogP) is 3.01. The van der Waals surface area contributed by atoms with Crippen molar-refractivity contribution < 1.29 is 19.1 Å². The summed E-state index contributed by atoms with van der Waals surface area (Å²) in [6.45, 7) is 6.72. The van der Waals surface area contributed by atoms with Crippen molar-refractivity contribution in [3.63, 3.8) is 0 Å². The molecule has 0 unspecified atom stereocenters. The zero-order chi connectivity index (χ0) is 14.8. The van der Waals surface area contributed by atoms with Gasteiger partial charge in [0.25, 0.3) is 0 Å². The molecule has 0 bridgehead atoms. The van der Waals surface area contributed by atoms with Crippen LogP contribution in [0.2, 0.25) is 0 Å². The SMILES string of the molecule is CCCC(CCC)=C1[C@@H]2CCOC(=O)[C@]12C(=O)OCC. The molecule has 2 aliphatic rings. The van der Waals surface area contributed by atoms with Crippen LogP contribution in [0.1, 0.15) is 52.9 Å². The monoisotopic (exact) mass is 280 g/mol. The molecular weight excluding hydrogens is 256 g/mol. The molecule has 4 heteroatoms. The summed E-state index contributed by atoms with van der Waals surface area (Å²) in [5.74, 6) is -0.780. The Morgan fingerprint density at radius 3 is 2.50 bits per heavy atom. The topological polar surface area (TPSA) is 52.6 Å². The molecule has 20 heavy (non-hydrogen) atoms. The minimum Gasteiger partial charge on any atom is -0.465 e. The van der Waals surface area contributed by atoms with E-state index in [1.165, 1.54) is 5.57 Å². The number of ether oxygens (including phenoxy) is 2. The highest BCUT2D eigenvalue weighted by Crippen LogP contribution is 2.65. The first kappa shape index (κ1) is 15.1. The van der Waals surface area contributed by atoms with Crippen molar-refractivity contribution in [1.82, 2.24) is 0 Å². The molecular formula is C16H24O4. The molecule has 0 N–H and O–H groups in total. The van der Waals surface area contributed by atoms with Crippen molar-refractivity contribution in [2.24, 2.45) is 11.3 Å². The Kier molecular flexibility index (Phi) is 4.51.